The molecule has 0 saturated carbocycles. The van der Waals surface area contributed by atoms with Crippen molar-refractivity contribution in [2.45, 2.75) is 10.4 Å². The first-order valence-corrected chi connectivity index (χ1v) is 15.6. The minimum absolute atomic E-state index is 0.374. The minimum atomic E-state index is -1.51. The number of fused-ring (bicyclic) bond motifs is 1. The van der Waals surface area contributed by atoms with E-state index in [1.165, 1.54) is 0 Å². The Kier molecular flexibility index (Phi) is 8.34. The highest BCUT2D eigenvalue weighted by atomic mass is 32.2. The number of aryl methyl sites for hydroxylation is 1. The van der Waals surface area contributed by atoms with E-state index in [2.05, 4.69) is 20.9 Å². The Labute approximate surface area is 225 Å². The fraction of sp³-hybridized carbons (Fsp3) is 0.500. The van der Waals surface area contributed by atoms with E-state index in [0.29, 0.717) is 29.4 Å². The normalized spacial score (nSPS) is 19.9. The number of methoxy groups -OCH3 is 1. The first-order valence-electron chi connectivity index (χ1n) is 12.1. The van der Waals surface area contributed by atoms with Gasteiger partial charge in [0.2, 0.25) is 5.16 Å². The van der Waals surface area contributed by atoms with Gasteiger partial charge in [-0.3, -0.25) is 13.5 Å². The van der Waals surface area contributed by atoms with Crippen molar-refractivity contribution >= 4 is 55.2 Å². The third-order valence-electron chi connectivity index (χ3n) is 6.44. The van der Waals surface area contributed by atoms with Crippen LogP contribution in [-0.4, -0.2) is 103 Å². The highest BCUT2D eigenvalue weighted by molar-refractivity contribution is 8.15. The molecule has 0 spiro atoms. The number of thioether (sulfide) groups is 1. The molecular weight excluding hydrogens is 533 g/mol. The monoisotopic (exact) mass is 564 g/mol. The molecule has 4 heterocycles. The van der Waals surface area contributed by atoms with Crippen molar-refractivity contribution in [3.63, 3.8) is 0 Å². The van der Waals surface area contributed by atoms with Gasteiger partial charge in [0, 0.05) is 92.2 Å². The van der Waals surface area contributed by atoms with Crippen molar-refractivity contribution in [2.75, 3.05) is 69.4 Å². The average Bonchev–Trinajstić information content (AvgIpc) is 3.64. The standard InChI is InChI=1S/C24H32N6O4S3/c1-28-5-4-25-24(28)37(32)29(2)21-14-18(34-9-8-33-3)12-17-13-20(27-22(17)21)23-26-15-19(35-23)16-30-6-10-36(31)11-7-30/h4-5,12-14,19,27H,6-11,15-16H2,1-3H3. The first-order chi connectivity index (χ1) is 17.9. The number of aromatic nitrogens is 3. The SMILES string of the molecule is COCCOc1cc(N(C)S(=O)c2nccn2C)c2[nH]c(C3=NCC(CN4CCS(=O)CC4)S3)cc2c1. The first kappa shape index (κ1) is 26.4. The van der Waals surface area contributed by atoms with Crippen molar-refractivity contribution in [1.82, 2.24) is 19.4 Å². The van der Waals surface area contributed by atoms with E-state index in [4.69, 9.17) is 14.5 Å². The van der Waals surface area contributed by atoms with E-state index >= 15 is 0 Å². The molecule has 0 bridgehead atoms. The number of nitrogens with zero attached hydrogens (tertiary/aromatic N) is 5. The van der Waals surface area contributed by atoms with Crippen LogP contribution < -0.4 is 9.04 Å². The summed E-state index contributed by atoms with van der Waals surface area (Å²) >= 11 is 1.78. The Balaban J connectivity index is 1.39. The number of anilines is 1. The number of hydrogen-bond donors (Lipinski definition) is 1. The Bertz CT molecular complexity index is 1330. The molecule has 1 aromatic carbocycles. The summed E-state index contributed by atoms with van der Waals surface area (Å²) < 4.78 is 39.6. The molecule has 37 heavy (non-hydrogen) atoms. The van der Waals surface area contributed by atoms with Gasteiger partial charge in [0.15, 0.2) is 11.0 Å². The molecule has 10 nitrogen and oxygen atoms in total. The number of H-pyrrole nitrogens is 1. The summed E-state index contributed by atoms with van der Waals surface area (Å²) in [7, 11) is 3.08. The smallest absolute Gasteiger partial charge is 0.220 e. The largest absolute Gasteiger partial charge is 0.491 e. The highest BCUT2D eigenvalue weighted by Gasteiger charge is 2.27. The lowest BCUT2D eigenvalue weighted by Crippen LogP contribution is -2.41. The number of imidazole rings is 1. The van der Waals surface area contributed by atoms with Crippen LogP contribution in [0.3, 0.4) is 0 Å². The molecule has 2 aromatic heterocycles. The van der Waals surface area contributed by atoms with Gasteiger partial charge in [-0.05, 0) is 12.1 Å². The molecule has 2 aliphatic rings. The zero-order chi connectivity index (χ0) is 25.9. The number of hydrogen-bond acceptors (Lipinski definition) is 8. The second-order valence-corrected chi connectivity index (χ2v) is 13.4. The Hall–Kier alpha value is -2.19. The van der Waals surface area contributed by atoms with Crippen LogP contribution in [0.2, 0.25) is 0 Å². The molecule has 13 heteroatoms. The molecule has 0 radical (unpaired) electrons. The second-order valence-electron chi connectivity index (χ2n) is 9.03. The van der Waals surface area contributed by atoms with E-state index < -0.39 is 21.8 Å². The van der Waals surface area contributed by atoms with Gasteiger partial charge in [0.1, 0.15) is 17.4 Å². The summed E-state index contributed by atoms with van der Waals surface area (Å²) in [4.78, 5) is 15.0. The summed E-state index contributed by atoms with van der Waals surface area (Å²) in [5, 5.41) is 2.77. The van der Waals surface area contributed by atoms with Crippen LogP contribution in [0.1, 0.15) is 5.69 Å². The van der Waals surface area contributed by atoms with Crippen LogP contribution in [0.4, 0.5) is 5.69 Å². The van der Waals surface area contributed by atoms with Gasteiger partial charge < -0.3 is 23.9 Å². The molecule has 2 atom stereocenters. The quantitative estimate of drug-likeness (QED) is 0.376. The number of rotatable bonds is 10. The maximum atomic E-state index is 13.4. The number of benzene rings is 1. The molecule has 2 aliphatic heterocycles. The van der Waals surface area contributed by atoms with Crippen molar-refractivity contribution < 1.29 is 17.9 Å². The maximum Gasteiger partial charge on any atom is 0.220 e. The summed E-state index contributed by atoms with van der Waals surface area (Å²) in [6.45, 7) is 4.38. The zero-order valence-corrected chi connectivity index (χ0v) is 23.7. The number of nitrogens with one attached hydrogen (secondary N) is 1. The lowest BCUT2D eigenvalue weighted by atomic mass is 10.2. The Morgan fingerprint density at radius 1 is 1.27 bits per heavy atom. The van der Waals surface area contributed by atoms with Crippen LogP contribution in [0.15, 0.2) is 40.7 Å². The average molecular weight is 565 g/mol. The van der Waals surface area contributed by atoms with Crippen molar-refractivity contribution in [3.8, 4) is 5.75 Å². The predicted octanol–water partition coefficient (Wildman–Crippen LogP) is 2.01. The highest BCUT2D eigenvalue weighted by Crippen LogP contribution is 2.35. The molecular formula is C24H32N6O4S3. The lowest BCUT2D eigenvalue weighted by molar-refractivity contribution is 0.146. The van der Waals surface area contributed by atoms with E-state index in [0.717, 1.165) is 65.0 Å². The van der Waals surface area contributed by atoms with Gasteiger partial charge in [-0.25, -0.2) is 9.19 Å². The fourth-order valence-corrected chi connectivity index (χ4v) is 7.72. The Morgan fingerprint density at radius 2 is 2.08 bits per heavy atom. The molecule has 1 fully saturated rings. The third kappa shape index (κ3) is 5.95. The number of ether oxygens (including phenoxy) is 2. The number of aliphatic imine (C=N–C) groups is 1. The summed E-state index contributed by atoms with van der Waals surface area (Å²) in [5.74, 6) is 2.20. The minimum Gasteiger partial charge on any atom is -0.491 e. The van der Waals surface area contributed by atoms with Gasteiger partial charge in [0.25, 0.3) is 0 Å². The van der Waals surface area contributed by atoms with Gasteiger partial charge in [-0.15, -0.1) is 0 Å². The molecule has 200 valence electrons. The van der Waals surface area contributed by atoms with Gasteiger partial charge in [0.05, 0.1) is 30.0 Å². The van der Waals surface area contributed by atoms with E-state index in [1.54, 1.807) is 47.2 Å². The van der Waals surface area contributed by atoms with Crippen LogP contribution in [0, 0.1) is 0 Å². The molecule has 0 aliphatic carbocycles. The molecule has 3 aromatic rings. The fourth-order valence-electron chi connectivity index (χ4n) is 4.43. The van der Waals surface area contributed by atoms with Crippen molar-refractivity contribution in [1.29, 1.82) is 0 Å². The summed E-state index contributed by atoms with van der Waals surface area (Å²) in [5.41, 5.74) is 2.55. The summed E-state index contributed by atoms with van der Waals surface area (Å²) in [6, 6.07) is 5.96. The van der Waals surface area contributed by atoms with Crippen LogP contribution in [0.5, 0.6) is 5.75 Å². The lowest BCUT2D eigenvalue weighted by Gasteiger charge is -2.27. The van der Waals surface area contributed by atoms with E-state index in [1.807, 2.05) is 19.2 Å². The van der Waals surface area contributed by atoms with E-state index in [9.17, 15) is 8.42 Å². The Morgan fingerprint density at radius 3 is 2.81 bits per heavy atom. The summed E-state index contributed by atoms with van der Waals surface area (Å²) in [6.07, 6.45) is 3.42. The maximum absolute atomic E-state index is 13.4. The van der Waals surface area contributed by atoms with Gasteiger partial charge in [-0.1, -0.05) is 11.8 Å². The topological polar surface area (TPSA) is 105 Å². The molecule has 2 unspecified atom stereocenters. The van der Waals surface area contributed by atoms with Crippen LogP contribution >= 0.6 is 11.8 Å². The second kappa shape index (κ2) is 11.7. The third-order valence-corrected chi connectivity index (χ3v) is 10.3. The molecule has 0 amide bonds. The van der Waals surface area contributed by atoms with E-state index in [-0.39, 0.29) is 0 Å². The van der Waals surface area contributed by atoms with Crippen LogP contribution in [-0.2, 0) is 33.6 Å². The van der Waals surface area contributed by atoms with Crippen molar-refractivity contribution in [3.05, 3.63) is 36.3 Å². The van der Waals surface area contributed by atoms with Gasteiger partial charge >= 0.3 is 0 Å². The molecule has 1 saturated heterocycles. The number of aromatic amines is 1. The zero-order valence-electron chi connectivity index (χ0n) is 21.2. The molecule has 5 rings (SSSR count). The molecule has 1 N–H and O–H groups in total. The van der Waals surface area contributed by atoms with Gasteiger partial charge in [-0.2, -0.15) is 0 Å². The van der Waals surface area contributed by atoms with Crippen LogP contribution in [0.25, 0.3) is 10.9 Å². The predicted molar refractivity (Wildman–Crippen MR) is 151 cm³/mol. The van der Waals surface area contributed by atoms with Crippen molar-refractivity contribution in [2.24, 2.45) is 12.0 Å².